The van der Waals surface area contributed by atoms with Gasteiger partial charge in [0.1, 0.15) is 5.69 Å². The van der Waals surface area contributed by atoms with Gasteiger partial charge in [0.05, 0.1) is 27.5 Å². The Balaban J connectivity index is 1.58. The zero-order chi connectivity index (χ0) is 18.1. The Morgan fingerprint density at radius 2 is 2.15 bits per heavy atom. The van der Waals surface area contributed by atoms with Crippen LogP contribution in [0.1, 0.15) is 66.4 Å². The fourth-order valence-electron chi connectivity index (χ4n) is 3.69. The number of rotatable bonds is 5. The van der Waals surface area contributed by atoms with Crippen molar-refractivity contribution in [1.82, 2.24) is 20.3 Å². The molecule has 8 heteroatoms. The molecule has 136 valence electrons. The maximum absolute atomic E-state index is 12.7. The number of hydrogen-bond donors (Lipinski definition) is 1. The lowest BCUT2D eigenvalue weighted by molar-refractivity contribution is 0.0915. The molecule has 1 unspecified atom stereocenters. The molecule has 2 aromatic heterocycles. The number of carbonyl (C=O) groups excluding carboxylic acids is 1. The van der Waals surface area contributed by atoms with Crippen LogP contribution in [0.15, 0.2) is 18.3 Å². The monoisotopic (exact) mass is 389 g/mol. The van der Waals surface area contributed by atoms with Crippen LogP contribution in [0.25, 0.3) is 0 Å². The maximum Gasteiger partial charge on any atom is 0.261 e. The summed E-state index contributed by atoms with van der Waals surface area (Å²) in [4.78, 5) is 13.3. The molecular weight excluding hydrogens is 370 g/mol. The van der Waals surface area contributed by atoms with Gasteiger partial charge in [-0.15, -0.1) is 16.4 Å². The first-order valence-electron chi connectivity index (χ1n) is 9.01. The van der Waals surface area contributed by atoms with E-state index < -0.39 is 5.54 Å². The average Bonchev–Trinajstić information content (AvgIpc) is 3.09. The van der Waals surface area contributed by atoms with E-state index in [2.05, 4.69) is 21.7 Å². The number of halogens is 1. The molecule has 0 radical (unpaired) electrons. The summed E-state index contributed by atoms with van der Waals surface area (Å²) in [6.45, 7) is 0. The summed E-state index contributed by atoms with van der Waals surface area (Å²) < 4.78 is 2.27. The minimum atomic E-state index is -0.534. The van der Waals surface area contributed by atoms with Crippen molar-refractivity contribution < 1.29 is 4.79 Å². The Morgan fingerprint density at radius 3 is 2.77 bits per heavy atom. The summed E-state index contributed by atoms with van der Waals surface area (Å²) in [7, 11) is 0. The smallest absolute Gasteiger partial charge is 0.261 e. The lowest BCUT2D eigenvalue weighted by Crippen LogP contribution is -2.34. The van der Waals surface area contributed by atoms with Crippen molar-refractivity contribution in [2.24, 2.45) is 5.92 Å². The Morgan fingerprint density at radius 1 is 1.38 bits per heavy atom. The molecule has 26 heavy (non-hydrogen) atoms. The predicted molar refractivity (Wildman–Crippen MR) is 99.0 cm³/mol. The van der Waals surface area contributed by atoms with E-state index >= 15 is 0 Å². The van der Waals surface area contributed by atoms with Crippen molar-refractivity contribution in [2.45, 2.75) is 56.5 Å². The van der Waals surface area contributed by atoms with Crippen LogP contribution in [-0.2, 0) is 5.54 Å². The van der Waals surface area contributed by atoms with Crippen LogP contribution >= 0.6 is 22.9 Å². The van der Waals surface area contributed by atoms with E-state index in [0.717, 1.165) is 44.2 Å². The molecule has 6 nitrogen and oxygen atoms in total. The second-order valence-electron chi connectivity index (χ2n) is 7.18. The second-order valence-corrected chi connectivity index (χ2v) is 8.90. The molecule has 2 aromatic rings. The number of nitriles is 1. The quantitative estimate of drug-likeness (QED) is 0.835. The van der Waals surface area contributed by atoms with Gasteiger partial charge in [-0.2, -0.15) is 5.26 Å². The van der Waals surface area contributed by atoms with Crippen molar-refractivity contribution in [1.29, 1.82) is 5.26 Å². The normalized spacial score (nSPS) is 20.3. The van der Waals surface area contributed by atoms with E-state index in [-0.39, 0.29) is 11.9 Å². The lowest BCUT2D eigenvalue weighted by atomic mass is 9.82. The molecular formula is C18H20ClN5OS. The third-order valence-electron chi connectivity index (χ3n) is 5.40. The second kappa shape index (κ2) is 7.01. The van der Waals surface area contributed by atoms with Gasteiger partial charge in [-0.25, -0.2) is 4.68 Å². The number of carbonyl (C=O) groups is 1. The first-order chi connectivity index (χ1) is 12.6. The van der Waals surface area contributed by atoms with Gasteiger partial charge >= 0.3 is 0 Å². The van der Waals surface area contributed by atoms with Gasteiger partial charge in [0.25, 0.3) is 5.91 Å². The summed E-state index contributed by atoms with van der Waals surface area (Å²) in [5, 5.41) is 21.1. The minimum absolute atomic E-state index is 0.131. The van der Waals surface area contributed by atoms with Gasteiger partial charge in [0.15, 0.2) is 5.54 Å². The van der Waals surface area contributed by atoms with Crippen molar-refractivity contribution >= 4 is 28.8 Å². The SMILES string of the molecule is N#CC1(n2cc(C(NC(=O)c3ccc(Cl)s3)C3CCCCC3)nn2)CC1. The molecule has 1 amide bonds. The molecule has 2 aliphatic rings. The fraction of sp³-hybridized carbons (Fsp3) is 0.556. The first kappa shape index (κ1) is 17.5. The van der Waals surface area contributed by atoms with Crippen LogP contribution in [-0.4, -0.2) is 20.9 Å². The van der Waals surface area contributed by atoms with Gasteiger partial charge < -0.3 is 5.32 Å². The number of nitrogens with zero attached hydrogens (tertiary/aromatic N) is 4. The maximum atomic E-state index is 12.7. The zero-order valence-electron chi connectivity index (χ0n) is 14.3. The highest BCUT2D eigenvalue weighted by atomic mass is 35.5. The highest BCUT2D eigenvalue weighted by Crippen LogP contribution is 2.43. The number of hydrogen-bond acceptors (Lipinski definition) is 5. The van der Waals surface area contributed by atoms with Crippen molar-refractivity contribution in [3.8, 4) is 6.07 Å². The Labute approximate surface area is 161 Å². The van der Waals surface area contributed by atoms with E-state index in [1.807, 2.05) is 6.20 Å². The van der Waals surface area contributed by atoms with E-state index in [9.17, 15) is 10.1 Å². The number of thiophene rings is 1. The molecule has 2 fully saturated rings. The summed E-state index contributed by atoms with van der Waals surface area (Å²) in [5.74, 6) is 0.207. The molecule has 0 saturated heterocycles. The van der Waals surface area contributed by atoms with E-state index in [1.54, 1.807) is 16.8 Å². The highest BCUT2D eigenvalue weighted by molar-refractivity contribution is 7.18. The number of amides is 1. The van der Waals surface area contributed by atoms with Gasteiger partial charge in [0.2, 0.25) is 0 Å². The van der Waals surface area contributed by atoms with Gasteiger partial charge in [-0.1, -0.05) is 36.1 Å². The van der Waals surface area contributed by atoms with Crippen LogP contribution in [0, 0.1) is 17.2 Å². The van der Waals surface area contributed by atoms with Gasteiger partial charge in [0, 0.05) is 0 Å². The molecule has 2 saturated carbocycles. The predicted octanol–water partition coefficient (Wildman–Crippen LogP) is 4.06. The summed E-state index contributed by atoms with van der Waals surface area (Å²) in [5.41, 5.74) is 0.211. The van der Waals surface area contributed by atoms with Gasteiger partial charge in [-0.3, -0.25) is 4.79 Å². The van der Waals surface area contributed by atoms with Crippen LogP contribution in [0.5, 0.6) is 0 Å². The molecule has 1 N–H and O–H groups in total. The molecule has 0 aromatic carbocycles. The molecule has 4 rings (SSSR count). The Kier molecular flexibility index (Phi) is 4.72. The highest BCUT2D eigenvalue weighted by Gasteiger charge is 2.47. The number of aromatic nitrogens is 3. The standard InChI is InChI=1S/C18H20ClN5OS/c19-15-7-6-14(26-15)17(25)21-16(12-4-2-1-3-5-12)13-10-24(23-22-13)18(11-20)8-9-18/h6-7,10,12,16H,1-5,8-9H2,(H,21,25). The van der Waals surface area contributed by atoms with E-state index in [0.29, 0.717) is 15.1 Å². The van der Waals surface area contributed by atoms with E-state index in [1.165, 1.54) is 17.8 Å². The van der Waals surface area contributed by atoms with Gasteiger partial charge in [-0.05, 0) is 43.7 Å². The van der Waals surface area contributed by atoms with Crippen molar-refractivity contribution in [3.05, 3.63) is 33.2 Å². The average molecular weight is 390 g/mol. The number of nitrogens with one attached hydrogen (secondary N) is 1. The zero-order valence-corrected chi connectivity index (χ0v) is 15.9. The minimum Gasteiger partial charge on any atom is -0.343 e. The van der Waals surface area contributed by atoms with E-state index in [4.69, 9.17) is 11.6 Å². The third kappa shape index (κ3) is 3.36. The molecule has 0 spiro atoms. The van der Waals surface area contributed by atoms with Crippen LogP contribution in [0.4, 0.5) is 0 Å². The molecule has 0 bridgehead atoms. The summed E-state index contributed by atoms with van der Waals surface area (Å²) >= 11 is 7.24. The summed E-state index contributed by atoms with van der Waals surface area (Å²) in [6.07, 6.45) is 9.15. The van der Waals surface area contributed by atoms with Crippen LogP contribution < -0.4 is 5.32 Å². The third-order valence-corrected chi connectivity index (χ3v) is 6.63. The molecule has 2 heterocycles. The summed E-state index contributed by atoms with van der Waals surface area (Å²) in [6, 6.07) is 5.62. The molecule has 0 aliphatic heterocycles. The van der Waals surface area contributed by atoms with Crippen molar-refractivity contribution in [2.75, 3.05) is 0 Å². The van der Waals surface area contributed by atoms with Crippen molar-refractivity contribution in [3.63, 3.8) is 0 Å². The fourth-order valence-corrected chi connectivity index (χ4v) is 4.63. The largest absolute Gasteiger partial charge is 0.343 e. The lowest BCUT2D eigenvalue weighted by Gasteiger charge is -2.29. The molecule has 1 atom stereocenters. The van der Waals surface area contributed by atoms with Crippen LogP contribution in [0.3, 0.4) is 0 Å². The molecule has 2 aliphatic carbocycles. The van der Waals surface area contributed by atoms with Crippen LogP contribution in [0.2, 0.25) is 4.34 Å². The Hall–Kier alpha value is -1.91. The topological polar surface area (TPSA) is 83.6 Å². The first-order valence-corrected chi connectivity index (χ1v) is 10.2. The Bertz CT molecular complexity index is 844.